The van der Waals surface area contributed by atoms with Crippen molar-refractivity contribution in [2.24, 2.45) is 0 Å². The van der Waals surface area contributed by atoms with E-state index in [1.807, 2.05) is 0 Å². The Morgan fingerprint density at radius 3 is 2.65 bits per heavy atom. The maximum absolute atomic E-state index is 4.45. The zero-order valence-electron chi connectivity index (χ0n) is 12.3. The minimum absolute atomic E-state index is 0.881. The Labute approximate surface area is 125 Å². The van der Waals surface area contributed by atoms with Gasteiger partial charge >= 0.3 is 0 Å². The van der Waals surface area contributed by atoms with E-state index in [-0.39, 0.29) is 0 Å². The highest BCUT2D eigenvalue weighted by atomic mass is 32.2. The van der Waals surface area contributed by atoms with Crippen molar-refractivity contribution in [2.75, 3.05) is 11.9 Å². The van der Waals surface area contributed by atoms with Crippen LogP contribution in [0.4, 0.5) is 5.82 Å². The first-order valence-corrected chi connectivity index (χ1v) is 7.99. The van der Waals surface area contributed by atoms with Gasteiger partial charge in [-0.3, -0.25) is 0 Å². The van der Waals surface area contributed by atoms with Crippen molar-refractivity contribution in [1.82, 2.24) is 9.97 Å². The quantitative estimate of drug-likeness (QED) is 0.642. The van der Waals surface area contributed by atoms with Gasteiger partial charge in [0.25, 0.3) is 0 Å². The monoisotopic (exact) mass is 287 g/mol. The van der Waals surface area contributed by atoms with Gasteiger partial charge in [0.05, 0.1) is 0 Å². The van der Waals surface area contributed by atoms with Gasteiger partial charge in [-0.25, -0.2) is 9.97 Å². The molecule has 0 radical (unpaired) electrons. The molecule has 0 atom stereocenters. The largest absolute Gasteiger partial charge is 0.370 e. The highest BCUT2D eigenvalue weighted by Crippen LogP contribution is 2.28. The Hall–Kier alpha value is -1.55. The summed E-state index contributed by atoms with van der Waals surface area (Å²) in [7, 11) is 0. The Kier molecular flexibility index (Phi) is 5.41. The molecule has 2 rings (SSSR count). The second-order valence-electron chi connectivity index (χ2n) is 4.61. The zero-order valence-corrected chi connectivity index (χ0v) is 13.1. The number of rotatable bonds is 6. The Morgan fingerprint density at radius 2 is 1.95 bits per heavy atom. The molecular weight excluding hydrogens is 266 g/mol. The number of benzene rings is 1. The summed E-state index contributed by atoms with van der Waals surface area (Å²) in [4.78, 5) is 8.79. The van der Waals surface area contributed by atoms with Crippen LogP contribution in [-0.2, 0) is 12.2 Å². The smallest absolute Gasteiger partial charge is 0.133 e. The van der Waals surface area contributed by atoms with E-state index in [0.29, 0.717) is 0 Å². The lowest BCUT2D eigenvalue weighted by Gasteiger charge is -2.12. The first-order valence-electron chi connectivity index (χ1n) is 7.01. The third-order valence-corrected chi connectivity index (χ3v) is 4.31. The van der Waals surface area contributed by atoms with Crippen molar-refractivity contribution in [3.63, 3.8) is 0 Å². The number of hydrogen-bond acceptors (Lipinski definition) is 4. The number of anilines is 1. The Balaban J connectivity index is 2.17. The molecule has 106 valence electrons. The number of hydrogen-bond donors (Lipinski definition) is 1. The Morgan fingerprint density at radius 1 is 1.15 bits per heavy atom. The molecule has 1 aromatic carbocycles. The highest BCUT2D eigenvalue weighted by molar-refractivity contribution is 7.98. The molecule has 4 heteroatoms. The molecule has 3 nitrogen and oxygen atoms in total. The number of nitrogens with zero attached hydrogens (tertiary/aromatic N) is 2. The maximum atomic E-state index is 4.45. The summed E-state index contributed by atoms with van der Waals surface area (Å²) < 4.78 is 0. The van der Waals surface area contributed by atoms with E-state index in [1.54, 1.807) is 18.1 Å². The molecule has 1 N–H and O–H groups in total. The van der Waals surface area contributed by atoms with Crippen molar-refractivity contribution in [1.29, 1.82) is 0 Å². The minimum Gasteiger partial charge on any atom is -0.370 e. The van der Waals surface area contributed by atoms with Crippen LogP contribution in [-0.4, -0.2) is 16.5 Å². The number of aromatic nitrogens is 2. The molecule has 1 aromatic heterocycles. The molecule has 0 aliphatic rings. The molecule has 0 aliphatic carbocycles. The van der Waals surface area contributed by atoms with E-state index in [9.17, 15) is 0 Å². The van der Waals surface area contributed by atoms with Gasteiger partial charge in [0.1, 0.15) is 17.2 Å². The van der Waals surface area contributed by atoms with Gasteiger partial charge in [-0.15, -0.1) is 11.8 Å². The molecule has 0 bridgehead atoms. The minimum atomic E-state index is 0.881. The second-order valence-corrected chi connectivity index (χ2v) is 5.57. The molecule has 0 aliphatic heterocycles. The molecule has 0 spiro atoms. The van der Waals surface area contributed by atoms with E-state index in [2.05, 4.69) is 60.3 Å². The van der Waals surface area contributed by atoms with Crippen LogP contribution in [0.2, 0.25) is 0 Å². The lowest BCUT2D eigenvalue weighted by Crippen LogP contribution is -2.05. The van der Waals surface area contributed by atoms with Crippen LogP contribution in [0.3, 0.4) is 0 Å². The van der Waals surface area contributed by atoms with Crippen LogP contribution in [0, 0.1) is 6.92 Å². The summed E-state index contributed by atoms with van der Waals surface area (Å²) in [5.74, 6) is 1.92. The molecule has 2 aromatic rings. The third kappa shape index (κ3) is 3.51. The average molecular weight is 287 g/mol. The summed E-state index contributed by atoms with van der Waals surface area (Å²) in [6.45, 7) is 7.27. The highest BCUT2D eigenvalue weighted by Gasteiger charge is 2.10. The SMILES string of the molecule is CCNc1ncnc(SCc2ccccc2C)c1CC. The fourth-order valence-corrected chi connectivity index (χ4v) is 3.23. The fraction of sp³-hybridized carbons (Fsp3) is 0.375. The van der Waals surface area contributed by atoms with Crippen LogP contribution >= 0.6 is 11.8 Å². The van der Waals surface area contributed by atoms with Gasteiger partial charge in [0.15, 0.2) is 0 Å². The first-order chi connectivity index (χ1) is 9.76. The molecule has 1 heterocycles. The van der Waals surface area contributed by atoms with Gasteiger partial charge in [-0.05, 0) is 31.4 Å². The predicted molar refractivity (Wildman–Crippen MR) is 86.3 cm³/mol. The topological polar surface area (TPSA) is 37.8 Å². The van der Waals surface area contributed by atoms with E-state index >= 15 is 0 Å². The van der Waals surface area contributed by atoms with Gasteiger partial charge in [-0.2, -0.15) is 0 Å². The summed E-state index contributed by atoms with van der Waals surface area (Å²) >= 11 is 1.79. The van der Waals surface area contributed by atoms with Crippen LogP contribution < -0.4 is 5.32 Å². The lowest BCUT2D eigenvalue weighted by molar-refractivity contribution is 0.937. The fourth-order valence-electron chi connectivity index (χ4n) is 2.08. The van der Waals surface area contributed by atoms with Crippen LogP contribution in [0.15, 0.2) is 35.6 Å². The van der Waals surface area contributed by atoms with Crippen molar-refractivity contribution in [3.8, 4) is 0 Å². The van der Waals surface area contributed by atoms with Crippen LogP contribution in [0.1, 0.15) is 30.5 Å². The van der Waals surface area contributed by atoms with Crippen molar-refractivity contribution < 1.29 is 0 Å². The number of aryl methyl sites for hydroxylation is 1. The van der Waals surface area contributed by atoms with Crippen LogP contribution in [0.5, 0.6) is 0 Å². The van der Waals surface area contributed by atoms with E-state index in [0.717, 1.165) is 29.6 Å². The molecule has 0 fully saturated rings. The van der Waals surface area contributed by atoms with Gasteiger partial charge in [0.2, 0.25) is 0 Å². The van der Waals surface area contributed by atoms with Crippen molar-refractivity contribution in [2.45, 2.75) is 38.0 Å². The zero-order chi connectivity index (χ0) is 14.4. The second kappa shape index (κ2) is 7.29. The predicted octanol–water partition coefficient (Wildman–Crippen LogP) is 4.07. The van der Waals surface area contributed by atoms with Crippen molar-refractivity contribution >= 4 is 17.6 Å². The summed E-state index contributed by atoms with van der Waals surface area (Å²) in [5, 5.41) is 4.40. The average Bonchev–Trinajstić information content (AvgIpc) is 2.47. The number of thioether (sulfide) groups is 1. The van der Waals surface area contributed by atoms with E-state index in [1.165, 1.54) is 16.7 Å². The van der Waals surface area contributed by atoms with Crippen molar-refractivity contribution in [3.05, 3.63) is 47.3 Å². The molecule has 20 heavy (non-hydrogen) atoms. The first kappa shape index (κ1) is 14.9. The van der Waals surface area contributed by atoms with E-state index < -0.39 is 0 Å². The van der Waals surface area contributed by atoms with Gasteiger partial charge in [-0.1, -0.05) is 31.2 Å². The summed E-state index contributed by atoms with van der Waals surface area (Å²) in [6.07, 6.45) is 2.59. The third-order valence-electron chi connectivity index (χ3n) is 3.23. The summed E-state index contributed by atoms with van der Waals surface area (Å²) in [6, 6.07) is 8.50. The molecule has 0 saturated heterocycles. The van der Waals surface area contributed by atoms with Gasteiger partial charge < -0.3 is 5.32 Å². The van der Waals surface area contributed by atoms with Crippen LogP contribution in [0.25, 0.3) is 0 Å². The molecule has 0 unspecified atom stereocenters. The number of nitrogens with one attached hydrogen (secondary N) is 1. The van der Waals surface area contributed by atoms with E-state index in [4.69, 9.17) is 0 Å². The Bertz CT molecular complexity index is 569. The normalized spacial score (nSPS) is 10.6. The maximum Gasteiger partial charge on any atom is 0.133 e. The summed E-state index contributed by atoms with van der Waals surface area (Å²) in [5.41, 5.74) is 3.91. The standard InChI is InChI=1S/C16H21N3S/c1-4-14-15(17-5-2)18-11-19-16(14)20-10-13-9-7-6-8-12(13)3/h6-9,11H,4-5,10H2,1-3H3,(H,17,18,19). The van der Waals surface area contributed by atoms with Gasteiger partial charge in [0, 0.05) is 17.9 Å². The molecular formula is C16H21N3S. The molecule has 0 saturated carbocycles. The lowest BCUT2D eigenvalue weighted by atomic mass is 10.1. The molecule has 0 amide bonds.